The lowest BCUT2D eigenvalue weighted by Crippen LogP contribution is -2.30. The lowest BCUT2D eigenvalue weighted by Gasteiger charge is -2.24. The number of hydrogen-bond acceptors (Lipinski definition) is 2. The summed E-state index contributed by atoms with van der Waals surface area (Å²) in [6, 6.07) is 0.262. The van der Waals surface area contributed by atoms with Crippen molar-refractivity contribution in [2.24, 2.45) is 23.5 Å². The van der Waals surface area contributed by atoms with Crippen molar-refractivity contribution < 1.29 is 9.90 Å². The van der Waals surface area contributed by atoms with Gasteiger partial charge in [-0.05, 0) is 37.5 Å². The Morgan fingerprint density at radius 3 is 2.67 bits per heavy atom. The molecule has 0 amide bonds. The second kappa shape index (κ2) is 2.73. The highest BCUT2D eigenvalue weighted by atomic mass is 16.4. The van der Waals surface area contributed by atoms with Gasteiger partial charge in [0.25, 0.3) is 0 Å². The molecule has 3 nitrogen and oxygen atoms in total. The molecule has 0 aliphatic heterocycles. The summed E-state index contributed by atoms with van der Waals surface area (Å²) in [5.74, 6) is 0.260. The van der Waals surface area contributed by atoms with Crippen molar-refractivity contribution in [1.29, 1.82) is 0 Å². The highest BCUT2D eigenvalue weighted by Crippen LogP contribution is 2.45. The molecule has 2 saturated carbocycles. The Labute approximate surface area is 71.9 Å². The summed E-state index contributed by atoms with van der Waals surface area (Å²) in [7, 11) is 0. The fraction of sp³-hybridized carbons (Fsp3) is 0.889. The van der Waals surface area contributed by atoms with E-state index in [0.717, 1.165) is 25.7 Å². The van der Waals surface area contributed by atoms with E-state index in [1.165, 1.54) is 0 Å². The molecule has 2 bridgehead atoms. The molecule has 2 aliphatic rings. The van der Waals surface area contributed by atoms with E-state index in [1.54, 1.807) is 0 Å². The Morgan fingerprint density at radius 1 is 1.25 bits per heavy atom. The topological polar surface area (TPSA) is 63.3 Å². The molecule has 0 aromatic heterocycles. The minimum atomic E-state index is -0.614. The third kappa shape index (κ3) is 1.22. The van der Waals surface area contributed by atoms with Gasteiger partial charge in [0.05, 0.1) is 5.92 Å². The number of carbonyl (C=O) groups is 1. The minimum Gasteiger partial charge on any atom is -0.481 e. The summed E-state index contributed by atoms with van der Waals surface area (Å²) < 4.78 is 0. The van der Waals surface area contributed by atoms with Crippen molar-refractivity contribution >= 4 is 5.97 Å². The molecule has 2 rings (SSSR count). The first kappa shape index (κ1) is 8.05. The van der Waals surface area contributed by atoms with Gasteiger partial charge in [-0.25, -0.2) is 0 Å². The lowest BCUT2D eigenvalue weighted by molar-refractivity contribution is -0.142. The lowest BCUT2D eigenvalue weighted by atomic mass is 9.84. The minimum absolute atomic E-state index is 0.0939. The van der Waals surface area contributed by atoms with Crippen molar-refractivity contribution in [1.82, 2.24) is 0 Å². The summed E-state index contributed by atoms with van der Waals surface area (Å²) >= 11 is 0. The zero-order valence-corrected chi connectivity index (χ0v) is 7.07. The monoisotopic (exact) mass is 169 g/mol. The van der Waals surface area contributed by atoms with Gasteiger partial charge in [0, 0.05) is 6.04 Å². The first-order valence-electron chi connectivity index (χ1n) is 4.65. The predicted molar refractivity (Wildman–Crippen MR) is 44.5 cm³/mol. The summed E-state index contributed by atoms with van der Waals surface area (Å²) in [5.41, 5.74) is 5.82. The van der Waals surface area contributed by atoms with Crippen LogP contribution in [0.2, 0.25) is 0 Å². The molecule has 0 aromatic carbocycles. The molecule has 0 radical (unpaired) electrons. The molecule has 2 fully saturated rings. The molecule has 68 valence electrons. The van der Waals surface area contributed by atoms with E-state index < -0.39 is 5.97 Å². The molecule has 0 heterocycles. The van der Waals surface area contributed by atoms with Crippen LogP contribution in [0.25, 0.3) is 0 Å². The predicted octanol–water partition coefficient (Wildman–Crippen LogP) is 0.834. The Balaban J connectivity index is 2.09. The maximum absolute atomic E-state index is 10.8. The van der Waals surface area contributed by atoms with Crippen LogP contribution in [0.15, 0.2) is 0 Å². The smallest absolute Gasteiger partial charge is 0.306 e. The van der Waals surface area contributed by atoms with E-state index in [9.17, 15) is 4.79 Å². The second-order valence-corrected chi connectivity index (χ2v) is 4.27. The number of fused-ring (bicyclic) bond motifs is 2. The standard InChI is InChI=1S/C9H15NO2/c10-7-2-5-1-6(4-7)8(3-5)9(11)12/h5-8H,1-4,10H2,(H,11,12)/t5-,6-,7?,8-/m1/s1. The average Bonchev–Trinajstić information content (AvgIpc) is 2.26. The van der Waals surface area contributed by atoms with Gasteiger partial charge in [-0.1, -0.05) is 0 Å². The summed E-state index contributed by atoms with van der Waals surface area (Å²) in [4.78, 5) is 10.8. The normalized spacial score (nSPS) is 46.1. The number of carboxylic acid groups (broad SMARTS) is 1. The van der Waals surface area contributed by atoms with Crippen LogP contribution in [-0.2, 0) is 4.79 Å². The third-order valence-corrected chi connectivity index (χ3v) is 3.35. The SMILES string of the molecule is NC1C[C@H]2C[C@H](C1)[C@H](C(=O)O)C2. The van der Waals surface area contributed by atoms with Gasteiger partial charge in [0.2, 0.25) is 0 Å². The van der Waals surface area contributed by atoms with E-state index in [0.29, 0.717) is 11.8 Å². The molecular weight excluding hydrogens is 154 g/mol. The van der Waals surface area contributed by atoms with E-state index in [-0.39, 0.29) is 12.0 Å². The number of carboxylic acids is 1. The Morgan fingerprint density at radius 2 is 2.00 bits per heavy atom. The Bertz CT molecular complexity index is 205. The van der Waals surface area contributed by atoms with Crippen LogP contribution >= 0.6 is 0 Å². The molecule has 0 aromatic rings. The van der Waals surface area contributed by atoms with Crippen LogP contribution in [0.5, 0.6) is 0 Å². The molecule has 12 heavy (non-hydrogen) atoms. The Hall–Kier alpha value is -0.570. The van der Waals surface area contributed by atoms with Gasteiger partial charge < -0.3 is 10.8 Å². The maximum Gasteiger partial charge on any atom is 0.306 e. The van der Waals surface area contributed by atoms with E-state index in [4.69, 9.17) is 10.8 Å². The average molecular weight is 169 g/mol. The highest BCUT2D eigenvalue weighted by molar-refractivity contribution is 5.70. The fourth-order valence-corrected chi connectivity index (χ4v) is 2.91. The van der Waals surface area contributed by atoms with Crippen molar-refractivity contribution in [3.05, 3.63) is 0 Å². The van der Waals surface area contributed by atoms with Gasteiger partial charge in [-0.15, -0.1) is 0 Å². The summed E-state index contributed by atoms with van der Waals surface area (Å²) in [6.45, 7) is 0. The number of aliphatic carboxylic acids is 1. The highest BCUT2D eigenvalue weighted by Gasteiger charge is 2.43. The van der Waals surface area contributed by atoms with E-state index in [1.807, 2.05) is 0 Å². The number of rotatable bonds is 1. The third-order valence-electron chi connectivity index (χ3n) is 3.35. The molecule has 2 aliphatic carbocycles. The number of nitrogens with two attached hydrogens (primary N) is 1. The molecule has 4 atom stereocenters. The van der Waals surface area contributed by atoms with Crippen molar-refractivity contribution in [2.45, 2.75) is 31.7 Å². The van der Waals surface area contributed by atoms with Crippen molar-refractivity contribution in [3.63, 3.8) is 0 Å². The second-order valence-electron chi connectivity index (χ2n) is 4.27. The fourth-order valence-electron chi connectivity index (χ4n) is 2.91. The molecule has 3 heteroatoms. The molecule has 1 unspecified atom stereocenters. The molecule has 0 spiro atoms. The van der Waals surface area contributed by atoms with Crippen LogP contribution in [-0.4, -0.2) is 17.1 Å². The van der Waals surface area contributed by atoms with Crippen LogP contribution in [0.3, 0.4) is 0 Å². The zero-order valence-electron chi connectivity index (χ0n) is 7.07. The van der Waals surface area contributed by atoms with Gasteiger partial charge >= 0.3 is 5.97 Å². The summed E-state index contributed by atoms with van der Waals surface area (Å²) in [6.07, 6.45) is 3.94. The largest absolute Gasteiger partial charge is 0.481 e. The molecule has 3 N–H and O–H groups in total. The molecular formula is C9H15NO2. The maximum atomic E-state index is 10.8. The quantitative estimate of drug-likeness (QED) is 0.611. The zero-order chi connectivity index (χ0) is 8.72. The van der Waals surface area contributed by atoms with E-state index >= 15 is 0 Å². The van der Waals surface area contributed by atoms with Gasteiger partial charge in [0.1, 0.15) is 0 Å². The van der Waals surface area contributed by atoms with Crippen LogP contribution in [0.4, 0.5) is 0 Å². The Kier molecular flexibility index (Phi) is 1.83. The van der Waals surface area contributed by atoms with Crippen molar-refractivity contribution in [3.8, 4) is 0 Å². The van der Waals surface area contributed by atoms with Crippen LogP contribution < -0.4 is 5.73 Å². The van der Waals surface area contributed by atoms with Gasteiger partial charge in [-0.3, -0.25) is 4.79 Å². The number of hydrogen-bond donors (Lipinski definition) is 2. The molecule has 0 saturated heterocycles. The first-order chi connectivity index (χ1) is 5.66. The first-order valence-corrected chi connectivity index (χ1v) is 4.65. The van der Waals surface area contributed by atoms with E-state index in [2.05, 4.69) is 0 Å². The van der Waals surface area contributed by atoms with Gasteiger partial charge in [-0.2, -0.15) is 0 Å². The van der Waals surface area contributed by atoms with Crippen LogP contribution in [0, 0.1) is 17.8 Å². The van der Waals surface area contributed by atoms with Gasteiger partial charge in [0.15, 0.2) is 0 Å². The van der Waals surface area contributed by atoms with Crippen molar-refractivity contribution in [2.75, 3.05) is 0 Å². The van der Waals surface area contributed by atoms with Crippen LogP contribution in [0.1, 0.15) is 25.7 Å². The summed E-state index contributed by atoms with van der Waals surface area (Å²) in [5, 5.41) is 8.91.